The lowest BCUT2D eigenvalue weighted by atomic mass is 10.0. The van der Waals surface area contributed by atoms with Gasteiger partial charge in [0.1, 0.15) is 11.5 Å². The summed E-state index contributed by atoms with van der Waals surface area (Å²) >= 11 is 0. The fraction of sp³-hybridized carbons (Fsp3) is 0.667. The number of nitrogen functional groups attached to an aromatic ring is 1. The smallest absolute Gasteiger partial charge is 0.329 e. The number of aromatic amines is 1. The maximum atomic E-state index is 11.8. The molecule has 1 aliphatic carbocycles. The number of H-pyrrole nitrogens is 1. The molecular formula is C12H20N4O2. The second kappa shape index (κ2) is 3.40. The third-order valence-electron chi connectivity index (χ3n) is 4.68. The van der Waals surface area contributed by atoms with Crippen LogP contribution >= 0.6 is 0 Å². The number of hydrogen-bond acceptors (Lipinski definition) is 4. The van der Waals surface area contributed by atoms with Gasteiger partial charge in [0.25, 0.3) is 5.56 Å². The third-order valence-corrected chi connectivity index (χ3v) is 4.68. The van der Waals surface area contributed by atoms with Crippen molar-refractivity contribution in [3.8, 4) is 0 Å². The Balaban J connectivity index is 2.42. The van der Waals surface area contributed by atoms with Gasteiger partial charge >= 0.3 is 5.69 Å². The Hall–Kier alpha value is -1.72. The second-order valence-electron chi connectivity index (χ2n) is 6.10. The molecule has 0 atom stereocenters. The van der Waals surface area contributed by atoms with Crippen molar-refractivity contribution in [3.63, 3.8) is 0 Å². The molecule has 1 aromatic heterocycles. The van der Waals surface area contributed by atoms with E-state index < -0.39 is 11.2 Å². The van der Waals surface area contributed by atoms with Gasteiger partial charge in [0, 0.05) is 13.1 Å². The summed E-state index contributed by atoms with van der Waals surface area (Å²) < 4.78 is 1.23. The molecule has 0 amide bonds. The summed E-state index contributed by atoms with van der Waals surface area (Å²) in [5, 5.41) is 3.17. The largest absolute Gasteiger partial charge is 0.383 e. The number of nitrogens with zero attached hydrogens (tertiary/aromatic N) is 1. The minimum absolute atomic E-state index is 0.0839. The fourth-order valence-electron chi connectivity index (χ4n) is 2.48. The van der Waals surface area contributed by atoms with Crippen LogP contribution in [-0.2, 0) is 7.05 Å². The van der Waals surface area contributed by atoms with Crippen molar-refractivity contribution in [1.29, 1.82) is 0 Å². The predicted octanol–water partition coefficient (Wildman–Crippen LogP) is 0.502. The highest BCUT2D eigenvalue weighted by Gasteiger charge is 2.65. The first-order valence-electron chi connectivity index (χ1n) is 5.96. The first-order chi connectivity index (χ1) is 8.10. The molecule has 0 radical (unpaired) electrons. The van der Waals surface area contributed by atoms with Crippen LogP contribution in [0.2, 0.25) is 0 Å². The zero-order chi connectivity index (χ0) is 13.9. The van der Waals surface area contributed by atoms with Crippen molar-refractivity contribution in [2.75, 3.05) is 11.1 Å². The van der Waals surface area contributed by atoms with Gasteiger partial charge in [-0.1, -0.05) is 27.7 Å². The lowest BCUT2D eigenvalue weighted by Crippen LogP contribution is -2.33. The van der Waals surface area contributed by atoms with Gasteiger partial charge in [0.05, 0.1) is 0 Å². The lowest BCUT2D eigenvalue weighted by molar-refractivity contribution is 0.457. The molecule has 1 aliphatic rings. The minimum atomic E-state index is -0.502. The van der Waals surface area contributed by atoms with Crippen molar-refractivity contribution in [3.05, 3.63) is 20.8 Å². The van der Waals surface area contributed by atoms with Gasteiger partial charge in [0.15, 0.2) is 0 Å². The van der Waals surface area contributed by atoms with Crippen LogP contribution in [0.1, 0.15) is 27.7 Å². The molecule has 1 heterocycles. The molecule has 18 heavy (non-hydrogen) atoms. The van der Waals surface area contributed by atoms with Crippen LogP contribution < -0.4 is 22.3 Å². The summed E-state index contributed by atoms with van der Waals surface area (Å²) in [4.78, 5) is 25.4. The molecule has 0 spiro atoms. The summed E-state index contributed by atoms with van der Waals surface area (Å²) in [6.45, 7) is 8.54. The number of nitrogens with two attached hydrogens (primary N) is 1. The van der Waals surface area contributed by atoms with Gasteiger partial charge in [0.2, 0.25) is 0 Å². The van der Waals surface area contributed by atoms with E-state index in [0.29, 0.717) is 0 Å². The maximum Gasteiger partial charge on any atom is 0.329 e. The summed E-state index contributed by atoms with van der Waals surface area (Å²) in [6, 6.07) is 0.158. The van der Waals surface area contributed by atoms with Gasteiger partial charge in [-0.15, -0.1) is 0 Å². The molecule has 6 nitrogen and oxygen atoms in total. The van der Waals surface area contributed by atoms with E-state index >= 15 is 0 Å². The van der Waals surface area contributed by atoms with E-state index in [2.05, 4.69) is 38.0 Å². The molecule has 0 saturated heterocycles. The monoisotopic (exact) mass is 252 g/mol. The van der Waals surface area contributed by atoms with E-state index in [1.807, 2.05) is 0 Å². The summed E-state index contributed by atoms with van der Waals surface area (Å²) in [5.74, 6) is 0.169. The van der Waals surface area contributed by atoms with Crippen LogP contribution in [0.4, 0.5) is 11.5 Å². The first-order valence-corrected chi connectivity index (χ1v) is 5.96. The Bertz CT molecular complexity index is 595. The maximum absolute atomic E-state index is 11.8. The Morgan fingerprint density at radius 3 is 2.17 bits per heavy atom. The van der Waals surface area contributed by atoms with Gasteiger partial charge in [-0.3, -0.25) is 14.3 Å². The van der Waals surface area contributed by atoms with Crippen LogP contribution in [0.15, 0.2) is 9.59 Å². The SMILES string of the molecule is Cn1c(N)c(NC2C(C)(C)C2(C)C)c(=O)[nH]c1=O. The molecule has 0 aromatic carbocycles. The van der Waals surface area contributed by atoms with E-state index in [1.165, 1.54) is 11.6 Å². The van der Waals surface area contributed by atoms with E-state index in [0.717, 1.165) is 0 Å². The Morgan fingerprint density at radius 2 is 1.72 bits per heavy atom. The third kappa shape index (κ3) is 1.48. The average molecular weight is 252 g/mol. The fourth-order valence-corrected chi connectivity index (χ4v) is 2.48. The average Bonchev–Trinajstić information content (AvgIpc) is 2.62. The van der Waals surface area contributed by atoms with Crippen molar-refractivity contribution < 1.29 is 0 Å². The molecule has 0 aliphatic heterocycles. The van der Waals surface area contributed by atoms with Gasteiger partial charge < -0.3 is 11.1 Å². The first kappa shape index (κ1) is 12.7. The molecule has 0 bridgehead atoms. The summed E-state index contributed by atoms with van der Waals surface area (Å²) in [5.41, 5.74) is 5.30. The Labute approximate surface area is 105 Å². The molecule has 4 N–H and O–H groups in total. The standard InChI is InChI=1S/C12H20N4O2/c1-11(2)9(12(11,3)4)14-6-7(13)16(5)10(18)15-8(6)17/h9,14H,13H2,1-5H3,(H,15,17,18). The topological polar surface area (TPSA) is 92.9 Å². The van der Waals surface area contributed by atoms with Crippen LogP contribution in [0.25, 0.3) is 0 Å². The molecule has 1 fully saturated rings. The van der Waals surface area contributed by atoms with Gasteiger partial charge in [-0.05, 0) is 10.8 Å². The van der Waals surface area contributed by atoms with Crippen LogP contribution in [0.5, 0.6) is 0 Å². The zero-order valence-electron chi connectivity index (χ0n) is 11.4. The van der Waals surface area contributed by atoms with Crippen LogP contribution in [-0.4, -0.2) is 15.6 Å². The Kier molecular flexibility index (Phi) is 2.40. The van der Waals surface area contributed by atoms with E-state index in [-0.39, 0.29) is 28.4 Å². The zero-order valence-corrected chi connectivity index (χ0v) is 11.4. The summed E-state index contributed by atoms with van der Waals surface area (Å²) in [7, 11) is 1.53. The van der Waals surface area contributed by atoms with Crippen LogP contribution in [0, 0.1) is 10.8 Å². The number of anilines is 2. The predicted molar refractivity (Wildman–Crippen MR) is 71.7 cm³/mol. The molecular weight excluding hydrogens is 232 g/mol. The molecule has 1 aromatic rings. The van der Waals surface area contributed by atoms with Crippen molar-refractivity contribution in [1.82, 2.24) is 9.55 Å². The highest BCUT2D eigenvalue weighted by atomic mass is 16.2. The van der Waals surface area contributed by atoms with E-state index in [9.17, 15) is 9.59 Å². The highest BCUT2D eigenvalue weighted by molar-refractivity contribution is 5.62. The highest BCUT2D eigenvalue weighted by Crippen LogP contribution is 2.63. The molecule has 2 rings (SSSR count). The minimum Gasteiger partial charge on any atom is -0.383 e. The van der Waals surface area contributed by atoms with Crippen molar-refractivity contribution >= 4 is 11.5 Å². The lowest BCUT2D eigenvalue weighted by Gasteiger charge is -2.12. The van der Waals surface area contributed by atoms with E-state index in [1.54, 1.807) is 0 Å². The van der Waals surface area contributed by atoms with Crippen molar-refractivity contribution in [2.45, 2.75) is 33.7 Å². The molecule has 100 valence electrons. The van der Waals surface area contributed by atoms with E-state index in [4.69, 9.17) is 5.73 Å². The Morgan fingerprint density at radius 1 is 1.22 bits per heavy atom. The number of aromatic nitrogens is 2. The van der Waals surface area contributed by atoms with Gasteiger partial charge in [-0.25, -0.2) is 4.79 Å². The molecule has 0 unspecified atom stereocenters. The number of nitrogens with one attached hydrogen (secondary N) is 2. The number of hydrogen-bond donors (Lipinski definition) is 3. The molecule has 6 heteroatoms. The van der Waals surface area contributed by atoms with Gasteiger partial charge in [-0.2, -0.15) is 0 Å². The van der Waals surface area contributed by atoms with Crippen molar-refractivity contribution in [2.24, 2.45) is 17.9 Å². The summed E-state index contributed by atoms with van der Waals surface area (Å²) in [6.07, 6.45) is 0. The second-order valence-corrected chi connectivity index (χ2v) is 6.10. The molecule has 1 saturated carbocycles. The van der Waals surface area contributed by atoms with Crippen LogP contribution in [0.3, 0.4) is 0 Å². The quantitative estimate of drug-likeness (QED) is 0.714. The number of rotatable bonds is 2. The normalized spacial score (nSPS) is 20.7.